The molecule has 0 aliphatic carbocycles. The standard InChI is InChI=1S/C19H13F3N2O3/c1-26-16-9-12(11-25)7-8-15(16)27-18-23-14(13-5-3-2-4-6-13)10-17(24-18)19(20,21)22/h2-11H,1H3. The summed E-state index contributed by atoms with van der Waals surface area (Å²) in [6, 6.07) is 13.0. The number of ether oxygens (including phenoxy) is 2. The minimum atomic E-state index is -4.67. The lowest BCUT2D eigenvalue weighted by Gasteiger charge is -2.13. The first-order valence-electron chi connectivity index (χ1n) is 7.73. The zero-order valence-corrected chi connectivity index (χ0v) is 14.0. The van der Waals surface area contributed by atoms with Gasteiger partial charge in [0.1, 0.15) is 6.29 Å². The number of hydrogen-bond donors (Lipinski definition) is 0. The summed E-state index contributed by atoms with van der Waals surface area (Å²) >= 11 is 0. The van der Waals surface area contributed by atoms with Crippen LogP contribution in [0.5, 0.6) is 17.5 Å². The monoisotopic (exact) mass is 374 g/mol. The van der Waals surface area contributed by atoms with E-state index in [1.54, 1.807) is 30.3 Å². The van der Waals surface area contributed by atoms with Crippen molar-refractivity contribution in [3.8, 4) is 28.8 Å². The van der Waals surface area contributed by atoms with Gasteiger partial charge in [-0.05, 0) is 24.3 Å². The number of aromatic nitrogens is 2. The molecule has 2 aromatic carbocycles. The molecule has 0 aliphatic heterocycles. The number of rotatable bonds is 5. The van der Waals surface area contributed by atoms with Crippen molar-refractivity contribution in [1.82, 2.24) is 9.97 Å². The topological polar surface area (TPSA) is 61.3 Å². The average molecular weight is 374 g/mol. The molecule has 27 heavy (non-hydrogen) atoms. The number of alkyl halides is 3. The van der Waals surface area contributed by atoms with Crippen molar-refractivity contribution in [1.29, 1.82) is 0 Å². The Kier molecular flexibility index (Phi) is 5.07. The van der Waals surface area contributed by atoms with Crippen molar-refractivity contribution in [3.05, 3.63) is 65.9 Å². The average Bonchev–Trinajstić information content (AvgIpc) is 2.68. The second-order valence-electron chi connectivity index (χ2n) is 5.41. The van der Waals surface area contributed by atoms with Crippen LogP contribution < -0.4 is 9.47 Å². The van der Waals surface area contributed by atoms with Gasteiger partial charge in [-0.3, -0.25) is 4.79 Å². The largest absolute Gasteiger partial charge is 0.493 e. The number of carbonyl (C=O) groups excluding carboxylic acids is 1. The Morgan fingerprint density at radius 1 is 0.963 bits per heavy atom. The summed E-state index contributed by atoms with van der Waals surface area (Å²) in [5.74, 6) is 0.253. The van der Waals surface area contributed by atoms with Crippen molar-refractivity contribution in [2.45, 2.75) is 6.18 Å². The molecule has 0 radical (unpaired) electrons. The van der Waals surface area contributed by atoms with E-state index >= 15 is 0 Å². The van der Waals surface area contributed by atoms with Crippen molar-refractivity contribution in [2.24, 2.45) is 0 Å². The molecule has 1 heterocycles. The zero-order chi connectivity index (χ0) is 19.4. The number of aldehydes is 1. The highest BCUT2D eigenvalue weighted by Gasteiger charge is 2.34. The molecule has 0 N–H and O–H groups in total. The minimum absolute atomic E-state index is 0.0661. The Bertz CT molecular complexity index is 960. The van der Waals surface area contributed by atoms with E-state index in [0.717, 1.165) is 6.07 Å². The van der Waals surface area contributed by atoms with Gasteiger partial charge in [-0.15, -0.1) is 0 Å². The molecule has 0 saturated heterocycles. The van der Waals surface area contributed by atoms with Gasteiger partial charge >= 0.3 is 12.2 Å². The Labute approximate surface area is 152 Å². The third-order valence-electron chi connectivity index (χ3n) is 3.59. The van der Waals surface area contributed by atoms with Gasteiger partial charge in [-0.25, -0.2) is 0 Å². The number of carbonyl (C=O) groups is 1. The molecule has 138 valence electrons. The Morgan fingerprint density at radius 2 is 1.70 bits per heavy atom. The highest BCUT2D eigenvalue weighted by atomic mass is 19.4. The van der Waals surface area contributed by atoms with Crippen LogP contribution in [0.15, 0.2) is 54.6 Å². The molecular formula is C19H13F3N2O3. The Hall–Kier alpha value is -3.42. The molecule has 0 unspecified atom stereocenters. The Balaban J connectivity index is 2.06. The molecule has 0 amide bonds. The van der Waals surface area contributed by atoms with E-state index in [1.165, 1.54) is 25.3 Å². The molecule has 0 atom stereocenters. The van der Waals surface area contributed by atoms with Crippen LogP contribution in [0, 0.1) is 0 Å². The quantitative estimate of drug-likeness (QED) is 0.602. The van der Waals surface area contributed by atoms with Crippen molar-refractivity contribution in [3.63, 3.8) is 0 Å². The van der Waals surface area contributed by atoms with E-state index in [4.69, 9.17) is 9.47 Å². The number of benzene rings is 2. The predicted octanol–water partition coefficient (Wildman–Crippen LogP) is 4.78. The molecule has 0 aliphatic rings. The summed E-state index contributed by atoms with van der Waals surface area (Å²) in [6.45, 7) is 0. The normalized spacial score (nSPS) is 11.1. The lowest BCUT2D eigenvalue weighted by molar-refractivity contribution is -0.141. The third-order valence-corrected chi connectivity index (χ3v) is 3.59. The summed E-state index contributed by atoms with van der Waals surface area (Å²) in [5.41, 5.74) is -0.251. The van der Waals surface area contributed by atoms with Gasteiger partial charge in [0.15, 0.2) is 17.2 Å². The van der Waals surface area contributed by atoms with Gasteiger partial charge in [0.05, 0.1) is 12.8 Å². The van der Waals surface area contributed by atoms with Crippen LogP contribution in [-0.4, -0.2) is 23.4 Å². The fraction of sp³-hybridized carbons (Fsp3) is 0.105. The Morgan fingerprint density at radius 3 is 2.33 bits per heavy atom. The maximum Gasteiger partial charge on any atom is 0.433 e. The highest BCUT2D eigenvalue weighted by molar-refractivity contribution is 5.76. The fourth-order valence-corrected chi connectivity index (χ4v) is 2.31. The third kappa shape index (κ3) is 4.22. The first-order valence-corrected chi connectivity index (χ1v) is 7.73. The molecule has 0 saturated carbocycles. The van der Waals surface area contributed by atoms with Crippen LogP contribution in [-0.2, 0) is 6.18 Å². The first-order chi connectivity index (χ1) is 12.9. The minimum Gasteiger partial charge on any atom is -0.493 e. The predicted molar refractivity (Wildman–Crippen MR) is 90.9 cm³/mol. The summed E-state index contributed by atoms with van der Waals surface area (Å²) < 4.78 is 50.3. The molecule has 5 nitrogen and oxygen atoms in total. The number of halogens is 3. The van der Waals surface area contributed by atoms with Gasteiger partial charge in [-0.1, -0.05) is 30.3 Å². The lowest BCUT2D eigenvalue weighted by Crippen LogP contribution is -2.10. The van der Waals surface area contributed by atoms with Gasteiger partial charge in [0.2, 0.25) is 0 Å². The van der Waals surface area contributed by atoms with Gasteiger partial charge in [-0.2, -0.15) is 23.1 Å². The zero-order valence-electron chi connectivity index (χ0n) is 14.0. The van der Waals surface area contributed by atoms with E-state index in [0.29, 0.717) is 17.4 Å². The summed E-state index contributed by atoms with van der Waals surface area (Å²) in [5, 5.41) is 0. The van der Waals surface area contributed by atoms with Crippen molar-refractivity contribution < 1.29 is 27.4 Å². The van der Waals surface area contributed by atoms with E-state index in [9.17, 15) is 18.0 Å². The van der Waals surface area contributed by atoms with E-state index in [-0.39, 0.29) is 17.2 Å². The lowest BCUT2D eigenvalue weighted by atomic mass is 10.1. The summed E-state index contributed by atoms with van der Waals surface area (Å²) in [7, 11) is 1.35. The summed E-state index contributed by atoms with van der Waals surface area (Å²) in [6.07, 6.45) is -4.06. The first kappa shape index (κ1) is 18.4. The second-order valence-corrected chi connectivity index (χ2v) is 5.41. The highest BCUT2D eigenvalue weighted by Crippen LogP contribution is 2.35. The van der Waals surface area contributed by atoms with Crippen LogP contribution in [0.25, 0.3) is 11.3 Å². The number of hydrogen-bond acceptors (Lipinski definition) is 5. The van der Waals surface area contributed by atoms with Gasteiger partial charge in [0, 0.05) is 11.1 Å². The second kappa shape index (κ2) is 7.45. The number of nitrogens with zero attached hydrogens (tertiary/aromatic N) is 2. The van der Waals surface area contributed by atoms with Crippen LogP contribution in [0.3, 0.4) is 0 Å². The smallest absolute Gasteiger partial charge is 0.433 e. The molecule has 0 bridgehead atoms. The van der Waals surface area contributed by atoms with E-state index in [1.807, 2.05) is 0 Å². The summed E-state index contributed by atoms with van der Waals surface area (Å²) in [4.78, 5) is 18.4. The maximum atomic E-state index is 13.2. The van der Waals surface area contributed by atoms with Crippen LogP contribution in [0.4, 0.5) is 13.2 Å². The van der Waals surface area contributed by atoms with Crippen molar-refractivity contribution >= 4 is 6.29 Å². The number of methoxy groups -OCH3 is 1. The van der Waals surface area contributed by atoms with Crippen LogP contribution >= 0.6 is 0 Å². The molecular weight excluding hydrogens is 361 g/mol. The van der Waals surface area contributed by atoms with Gasteiger partial charge in [0.25, 0.3) is 0 Å². The molecule has 8 heteroatoms. The SMILES string of the molecule is COc1cc(C=O)ccc1Oc1nc(-c2ccccc2)cc(C(F)(F)F)n1. The van der Waals surface area contributed by atoms with Gasteiger partial charge < -0.3 is 9.47 Å². The van der Waals surface area contributed by atoms with Crippen molar-refractivity contribution in [2.75, 3.05) is 7.11 Å². The maximum absolute atomic E-state index is 13.2. The molecule has 1 aromatic heterocycles. The molecule has 0 spiro atoms. The van der Waals surface area contributed by atoms with E-state index in [2.05, 4.69) is 9.97 Å². The van der Waals surface area contributed by atoms with Crippen LogP contribution in [0.1, 0.15) is 16.1 Å². The van der Waals surface area contributed by atoms with E-state index < -0.39 is 17.9 Å². The molecule has 3 rings (SSSR count). The van der Waals surface area contributed by atoms with Crippen LogP contribution in [0.2, 0.25) is 0 Å². The fourth-order valence-electron chi connectivity index (χ4n) is 2.31. The molecule has 3 aromatic rings. The molecule has 0 fully saturated rings.